The summed E-state index contributed by atoms with van der Waals surface area (Å²) in [7, 11) is 0. The smallest absolute Gasteiger partial charge is 0.264 e. The third-order valence-electron chi connectivity index (χ3n) is 3.53. The topological polar surface area (TPSA) is 49.7 Å². The van der Waals surface area contributed by atoms with E-state index >= 15 is 0 Å². The molecule has 0 N–H and O–H groups in total. The van der Waals surface area contributed by atoms with Gasteiger partial charge in [-0.2, -0.15) is 10.1 Å². The molecule has 1 heterocycles. The second-order valence-electron chi connectivity index (χ2n) is 5.00. The molecule has 22 heavy (non-hydrogen) atoms. The minimum atomic E-state index is -1.07. The van der Waals surface area contributed by atoms with Crippen molar-refractivity contribution in [2.45, 2.75) is 6.92 Å². The minimum Gasteiger partial charge on any atom is -0.293 e. The van der Waals surface area contributed by atoms with Crippen LogP contribution in [0, 0.1) is 11.7 Å². The maximum Gasteiger partial charge on any atom is 0.264 e. The van der Waals surface area contributed by atoms with Crippen LogP contribution >= 0.6 is 0 Å². The van der Waals surface area contributed by atoms with Gasteiger partial charge in [-0.3, -0.25) is 9.59 Å². The van der Waals surface area contributed by atoms with Crippen LogP contribution in [0.3, 0.4) is 0 Å². The lowest BCUT2D eigenvalue weighted by Crippen LogP contribution is -2.33. The Hall–Kier alpha value is -2.82. The Morgan fingerprint density at radius 2 is 1.73 bits per heavy atom. The molecule has 0 saturated carbocycles. The molecule has 0 saturated heterocycles. The molecule has 1 aliphatic heterocycles. The molecule has 2 aromatic carbocycles. The summed E-state index contributed by atoms with van der Waals surface area (Å²) in [6.07, 6.45) is 0. The van der Waals surface area contributed by atoms with Crippen molar-refractivity contribution in [3.63, 3.8) is 0 Å². The SMILES string of the molecule is CC1=NN(c2ccccc2)C(=O)C1C(=O)c1ccccc1F. The van der Waals surface area contributed by atoms with Gasteiger partial charge in [-0.25, -0.2) is 4.39 Å². The molecule has 3 rings (SSSR count). The number of carbonyl (C=O) groups excluding carboxylic acids is 2. The van der Waals surface area contributed by atoms with Gasteiger partial charge in [0.2, 0.25) is 0 Å². The Morgan fingerprint density at radius 1 is 1.09 bits per heavy atom. The zero-order valence-corrected chi connectivity index (χ0v) is 11.9. The van der Waals surface area contributed by atoms with Crippen molar-refractivity contribution in [3.05, 3.63) is 66.0 Å². The van der Waals surface area contributed by atoms with Crippen LogP contribution in [0.15, 0.2) is 59.7 Å². The molecule has 0 aromatic heterocycles. The second kappa shape index (κ2) is 5.52. The molecule has 0 fully saturated rings. The molecule has 0 spiro atoms. The highest BCUT2D eigenvalue weighted by Crippen LogP contribution is 2.26. The summed E-state index contributed by atoms with van der Waals surface area (Å²) in [6.45, 7) is 1.60. The summed E-state index contributed by atoms with van der Waals surface area (Å²) in [5.74, 6) is -2.73. The summed E-state index contributed by atoms with van der Waals surface area (Å²) in [5, 5.41) is 5.35. The average molecular weight is 296 g/mol. The summed E-state index contributed by atoms with van der Waals surface area (Å²) in [4.78, 5) is 25.0. The Balaban J connectivity index is 1.94. The molecule has 5 heteroatoms. The molecular formula is C17H13FN2O2. The molecule has 110 valence electrons. The van der Waals surface area contributed by atoms with Gasteiger partial charge < -0.3 is 0 Å². The number of carbonyl (C=O) groups is 2. The summed E-state index contributed by atoms with van der Waals surface area (Å²) < 4.78 is 13.8. The van der Waals surface area contributed by atoms with E-state index < -0.39 is 23.4 Å². The van der Waals surface area contributed by atoms with Crippen molar-refractivity contribution in [1.29, 1.82) is 0 Å². The van der Waals surface area contributed by atoms with Gasteiger partial charge in [0.1, 0.15) is 11.7 Å². The number of hydrogen-bond donors (Lipinski definition) is 0. The third-order valence-corrected chi connectivity index (χ3v) is 3.53. The van der Waals surface area contributed by atoms with E-state index in [0.29, 0.717) is 11.4 Å². The van der Waals surface area contributed by atoms with Gasteiger partial charge in [0, 0.05) is 0 Å². The molecule has 4 nitrogen and oxygen atoms in total. The fourth-order valence-corrected chi connectivity index (χ4v) is 2.44. The van der Waals surface area contributed by atoms with E-state index in [2.05, 4.69) is 5.10 Å². The van der Waals surface area contributed by atoms with E-state index in [0.717, 1.165) is 0 Å². The van der Waals surface area contributed by atoms with Crippen LogP contribution in [0.2, 0.25) is 0 Å². The Bertz CT molecular complexity index is 771. The Morgan fingerprint density at radius 3 is 2.41 bits per heavy atom. The zero-order chi connectivity index (χ0) is 15.7. The lowest BCUT2D eigenvalue weighted by Gasteiger charge is -2.13. The van der Waals surface area contributed by atoms with Crippen molar-refractivity contribution in [2.24, 2.45) is 11.0 Å². The van der Waals surface area contributed by atoms with Gasteiger partial charge in [-0.05, 0) is 31.2 Å². The van der Waals surface area contributed by atoms with Crippen molar-refractivity contribution in [2.75, 3.05) is 5.01 Å². The first-order valence-corrected chi connectivity index (χ1v) is 6.82. The molecular weight excluding hydrogens is 283 g/mol. The molecule has 0 radical (unpaired) electrons. The van der Waals surface area contributed by atoms with Crippen LogP contribution in [-0.4, -0.2) is 17.4 Å². The minimum absolute atomic E-state index is 0.0923. The highest BCUT2D eigenvalue weighted by Gasteiger charge is 2.40. The number of ketones is 1. The molecule has 1 amide bonds. The van der Waals surface area contributed by atoms with E-state index in [1.165, 1.54) is 23.2 Å². The monoisotopic (exact) mass is 296 g/mol. The number of hydrazone groups is 1. The first-order valence-electron chi connectivity index (χ1n) is 6.82. The van der Waals surface area contributed by atoms with Gasteiger partial charge in [0.15, 0.2) is 5.78 Å². The van der Waals surface area contributed by atoms with Crippen LogP contribution in [0.1, 0.15) is 17.3 Å². The predicted molar refractivity (Wildman–Crippen MR) is 81.3 cm³/mol. The van der Waals surface area contributed by atoms with Gasteiger partial charge in [0.05, 0.1) is 17.0 Å². The second-order valence-corrected chi connectivity index (χ2v) is 5.00. The van der Waals surface area contributed by atoms with Crippen LogP contribution in [0.25, 0.3) is 0 Å². The number of Topliss-reactive ketones (excluding diaryl/α,β-unsaturated/α-hetero) is 1. The van der Waals surface area contributed by atoms with E-state index in [9.17, 15) is 14.0 Å². The fraction of sp³-hybridized carbons (Fsp3) is 0.118. The maximum absolute atomic E-state index is 13.8. The summed E-state index contributed by atoms with van der Waals surface area (Å²) in [5.41, 5.74) is 0.850. The standard InChI is InChI=1S/C17H13FN2O2/c1-11-15(16(21)13-9-5-6-10-14(13)18)17(22)20(19-11)12-7-3-2-4-8-12/h2-10,15H,1H3. The van der Waals surface area contributed by atoms with E-state index in [1.54, 1.807) is 37.3 Å². The maximum atomic E-state index is 13.8. The highest BCUT2D eigenvalue weighted by atomic mass is 19.1. The average Bonchev–Trinajstić information content (AvgIpc) is 2.83. The van der Waals surface area contributed by atoms with Gasteiger partial charge in [-0.1, -0.05) is 30.3 Å². The fourth-order valence-electron chi connectivity index (χ4n) is 2.44. The molecule has 2 aromatic rings. The van der Waals surface area contributed by atoms with Gasteiger partial charge in [-0.15, -0.1) is 0 Å². The van der Waals surface area contributed by atoms with Crippen LogP contribution < -0.4 is 5.01 Å². The third kappa shape index (κ3) is 2.30. The lowest BCUT2D eigenvalue weighted by molar-refractivity contribution is -0.118. The van der Waals surface area contributed by atoms with Crippen molar-refractivity contribution < 1.29 is 14.0 Å². The quantitative estimate of drug-likeness (QED) is 0.645. The molecule has 1 atom stereocenters. The van der Waals surface area contributed by atoms with Crippen molar-refractivity contribution in [3.8, 4) is 0 Å². The summed E-state index contributed by atoms with van der Waals surface area (Å²) in [6, 6.07) is 14.5. The number of benzene rings is 2. The first kappa shape index (κ1) is 14.1. The Kier molecular flexibility index (Phi) is 3.55. The van der Waals surface area contributed by atoms with Crippen LogP contribution in [0.4, 0.5) is 10.1 Å². The molecule has 1 aliphatic rings. The number of anilines is 1. The first-order chi connectivity index (χ1) is 10.6. The van der Waals surface area contributed by atoms with Crippen LogP contribution in [-0.2, 0) is 4.79 Å². The van der Waals surface area contributed by atoms with E-state index in [1.807, 2.05) is 6.07 Å². The summed E-state index contributed by atoms with van der Waals surface area (Å²) >= 11 is 0. The molecule has 1 unspecified atom stereocenters. The number of para-hydroxylation sites is 1. The number of amides is 1. The number of hydrogen-bond acceptors (Lipinski definition) is 3. The van der Waals surface area contributed by atoms with Crippen molar-refractivity contribution in [1.82, 2.24) is 0 Å². The van der Waals surface area contributed by atoms with Crippen molar-refractivity contribution >= 4 is 23.1 Å². The Labute approximate surface area is 126 Å². The van der Waals surface area contributed by atoms with E-state index in [-0.39, 0.29) is 5.56 Å². The molecule has 0 bridgehead atoms. The number of rotatable bonds is 3. The number of halogens is 1. The zero-order valence-electron chi connectivity index (χ0n) is 11.9. The van der Waals surface area contributed by atoms with Crippen LogP contribution in [0.5, 0.6) is 0 Å². The lowest BCUT2D eigenvalue weighted by atomic mass is 9.93. The van der Waals surface area contributed by atoms with Gasteiger partial charge >= 0.3 is 0 Å². The van der Waals surface area contributed by atoms with Gasteiger partial charge in [0.25, 0.3) is 5.91 Å². The number of nitrogens with zero attached hydrogens (tertiary/aromatic N) is 2. The highest BCUT2D eigenvalue weighted by molar-refractivity contribution is 6.30. The van der Waals surface area contributed by atoms with E-state index in [4.69, 9.17) is 0 Å². The normalized spacial score (nSPS) is 17.5. The molecule has 0 aliphatic carbocycles. The largest absolute Gasteiger partial charge is 0.293 e. The predicted octanol–water partition coefficient (Wildman–Crippen LogP) is 3.05.